The maximum atomic E-state index is 12.6. The third kappa shape index (κ3) is 5.51. The van der Waals surface area contributed by atoms with E-state index in [1.165, 1.54) is 10.5 Å². The fourth-order valence-electron chi connectivity index (χ4n) is 3.03. The van der Waals surface area contributed by atoms with Crippen molar-refractivity contribution >= 4 is 27.5 Å². The largest absolute Gasteiger partial charge is 0.355 e. The highest BCUT2D eigenvalue weighted by molar-refractivity contribution is 7.89. The van der Waals surface area contributed by atoms with Crippen LogP contribution >= 0.6 is 11.6 Å². The van der Waals surface area contributed by atoms with Crippen LogP contribution in [0.4, 0.5) is 0 Å². The third-order valence-electron chi connectivity index (χ3n) is 4.62. The number of nitrogens with zero attached hydrogens (tertiary/aromatic N) is 3. The Morgan fingerprint density at radius 2 is 1.82 bits per heavy atom. The van der Waals surface area contributed by atoms with Crippen LogP contribution in [-0.2, 0) is 21.2 Å². The number of carbonyl (C=O) groups is 1. The fraction of sp³-hybridized carbons (Fsp3) is 0.368. The first-order valence-corrected chi connectivity index (χ1v) is 10.9. The highest BCUT2D eigenvalue weighted by Gasteiger charge is 2.29. The van der Waals surface area contributed by atoms with Crippen molar-refractivity contribution in [3.8, 4) is 0 Å². The summed E-state index contributed by atoms with van der Waals surface area (Å²) < 4.78 is 26.6. The number of piperazine rings is 1. The van der Waals surface area contributed by atoms with Crippen LogP contribution in [0.1, 0.15) is 5.56 Å². The van der Waals surface area contributed by atoms with Crippen molar-refractivity contribution in [3.63, 3.8) is 0 Å². The van der Waals surface area contributed by atoms with Gasteiger partial charge in [0.25, 0.3) is 0 Å². The van der Waals surface area contributed by atoms with Gasteiger partial charge in [-0.3, -0.25) is 14.7 Å². The Kier molecular flexibility index (Phi) is 7.01. The van der Waals surface area contributed by atoms with Gasteiger partial charge in [0, 0.05) is 50.1 Å². The molecule has 1 aromatic heterocycles. The Labute approximate surface area is 170 Å². The number of hydrogen-bond donors (Lipinski definition) is 1. The lowest BCUT2D eigenvalue weighted by Crippen LogP contribution is -2.51. The first-order valence-electron chi connectivity index (χ1n) is 9.09. The van der Waals surface area contributed by atoms with E-state index in [4.69, 9.17) is 11.6 Å². The van der Waals surface area contributed by atoms with E-state index in [9.17, 15) is 13.2 Å². The topological polar surface area (TPSA) is 82.6 Å². The Hall–Kier alpha value is -2.00. The van der Waals surface area contributed by atoms with Crippen LogP contribution < -0.4 is 5.32 Å². The summed E-state index contributed by atoms with van der Waals surface area (Å²) >= 11 is 5.86. The number of carbonyl (C=O) groups excluding carboxylic acids is 1. The van der Waals surface area contributed by atoms with Crippen LogP contribution in [0.25, 0.3) is 0 Å². The van der Waals surface area contributed by atoms with Gasteiger partial charge in [-0.2, -0.15) is 4.31 Å². The van der Waals surface area contributed by atoms with Crippen molar-refractivity contribution in [3.05, 3.63) is 59.4 Å². The summed E-state index contributed by atoms with van der Waals surface area (Å²) in [7, 11) is -3.53. The smallest absolute Gasteiger partial charge is 0.244 e. The van der Waals surface area contributed by atoms with Gasteiger partial charge in [-0.25, -0.2) is 8.42 Å². The van der Waals surface area contributed by atoms with Crippen LogP contribution in [-0.4, -0.2) is 67.8 Å². The summed E-state index contributed by atoms with van der Waals surface area (Å²) in [6, 6.07) is 10.7. The number of benzene rings is 1. The first kappa shape index (κ1) is 20.7. The number of rotatable bonds is 7. The second-order valence-corrected chi connectivity index (χ2v) is 8.97. The van der Waals surface area contributed by atoms with Crippen molar-refractivity contribution in [1.82, 2.24) is 19.5 Å². The summed E-state index contributed by atoms with van der Waals surface area (Å²) in [6.45, 7) is 2.57. The molecule has 0 saturated carbocycles. The molecule has 28 heavy (non-hydrogen) atoms. The summed E-state index contributed by atoms with van der Waals surface area (Å²) in [4.78, 5) is 18.2. The van der Waals surface area contributed by atoms with Gasteiger partial charge < -0.3 is 5.32 Å². The number of nitrogens with one attached hydrogen (secondary N) is 1. The van der Waals surface area contributed by atoms with Crippen LogP contribution in [0, 0.1) is 0 Å². The highest BCUT2D eigenvalue weighted by Crippen LogP contribution is 2.16. The van der Waals surface area contributed by atoms with E-state index in [1.807, 2.05) is 29.2 Å². The number of sulfonamides is 1. The molecular weight excluding hydrogens is 400 g/mol. The minimum atomic E-state index is -3.53. The predicted molar refractivity (Wildman–Crippen MR) is 108 cm³/mol. The molecule has 1 aliphatic heterocycles. The molecule has 150 valence electrons. The maximum absolute atomic E-state index is 12.6. The van der Waals surface area contributed by atoms with Gasteiger partial charge in [0.1, 0.15) is 4.90 Å². The van der Waals surface area contributed by atoms with E-state index in [2.05, 4.69) is 10.3 Å². The highest BCUT2D eigenvalue weighted by atomic mass is 35.5. The van der Waals surface area contributed by atoms with E-state index in [1.54, 1.807) is 18.3 Å². The van der Waals surface area contributed by atoms with Crippen LogP contribution in [0.5, 0.6) is 0 Å². The molecule has 0 bridgehead atoms. The first-order chi connectivity index (χ1) is 13.4. The molecule has 1 fully saturated rings. The van der Waals surface area contributed by atoms with E-state index in [0.717, 1.165) is 12.0 Å². The summed E-state index contributed by atoms with van der Waals surface area (Å²) in [5.41, 5.74) is 1.11. The minimum Gasteiger partial charge on any atom is -0.355 e. The number of aromatic nitrogens is 1. The van der Waals surface area contributed by atoms with Gasteiger partial charge in [-0.05, 0) is 36.2 Å². The van der Waals surface area contributed by atoms with Gasteiger partial charge in [0.2, 0.25) is 15.9 Å². The van der Waals surface area contributed by atoms with Crippen molar-refractivity contribution in [1.29, 1.82) is 0 Å². The Morgan fingerprint density at radius 3 is 2.46 bits per heavy atom. The second-order valence-electron chi connectivity index (χ2n) is 6.60. The van der Waals surface area contributed by atoms with Gasteiger partial charge in [0.15, 0.2) is 0 Å². The Morgan fingerprint density at radius 1 is 1.11 bits per heavy atom. The molecule has 1 amide bonds. The Bertz CT molecular complexity index is 883. The molecule has 0 spiro atoms. The number of amides is 1. The lowest BCUT2D eigenvalue weighted by atomic mass is 10.1. The average molecular weight is 423 g/mol. The molecule has 3 rings (SSSR count). The third-order valence-corrected chi connectivity index (χ3v) is 6.75. The van der Waals surface area contributed by atoms with E-state index < -0.39 is 10.0 Å². The maximum Gasteiger partial charge on any atom is 0.244 e. The summed E-state index contributed by atoms with van der Waals surface area (Å²) in [5.74, 6) is -0.0578. The number of pyridine rings is 1. The molecule has 0 atom stereocenters. The molecule has 1 aliphatic rings. The molecule has 2 heterocycles. The molecular formula is C19H23ClN4O3S. The molecule has 9 heteroatoms. The second kappa shape index (κ2) is 9.47. The average Bonchev–Trinajstić information content (AvgIpc) is 2.70. The zero-order valence-corrected chi connectivity index (χ0v) is 17.0. The van der Waals surface area contributed by atoms with Crippen LogP contribution in [0.2, 0.25) is 5.02 Å². The summed E-state index contributed by atoms with van der Waals surface area (Å²) in [6.07, 6.45) is 3.64. The molecule has 7 nitrogen and oxygen atoms in total. The van der Waals surface area contributed by atoms with Crippen LogP contribution in [0.3, 0.4) is 0 Å². The summed E-state index contributed by atoms with van der Waals surface area (Å²) in [5, 5.41) is 3.60. The normalized spacial score (nSPS) is 16.0. The molecule has 0 aliphatic carbocycles. The number of hydrogen-bond acceptors (Lipinski definition) is 5. The van der Waals surface area contributed by atoms with Gasteiger partial charge in [0.05, 0.1) is 6.54 Å². The lowest BCUT2D eigenvalue weighted by molar-refractivity contribution is -0.122. The van der Waals surface area contributed by atoms with E-state index in [0.29, 0.717) is 37.7 Å². The van der Waals surface area contributed by atoms with Crippen molar-refractivity contribution in [2.24, 2.45) is 0 Å². The molecule has 1 N–H and O–H groups in total. The standard InChI is InChI=1S/C19H23ClN4O3S/c20-17-5-3-16(4-6-17)7-9-22-19(25)15-23-10-12-24(13-11-23)28(26,27)18-2-1-8-21-14-18/h1-6,8,14H,7,9-13,15H2,(H,22,25). The molecule has 2 aromatic rings. The zero-order chi connectivity index (χ0) is 20.0. The molecule has 1 saturated heterocycles. The SMILES string of the molecule is O=C(CN1CCN(S(=O)(=O)c2cccnc2)CC1)NCCc1ccc(Cl)cc1. The molecule has 1 aromatic carbocycles. The van der Waals surface area contributed by atoms with Crippen molar-refractivity contribution in [2.75, 3.05) is 39.3 Å². The minimum absolute atomic E-state index is 0.0578. The van der Waals surface area contributed by atoms with E-state index >= 15 is 0 Å². The van der Waals surface area contributed by atoms with Crippen LogP contribution in [0.15, 0.2) is 53.7 Å². The van der Waals surface area contributed by atoms with Gasteiger partial charge in [-0.1, -0.05) is 23.7 Å². The van der Waals surface area contributed by atoms with Gasteiger partial charge in [-0.15, -0.1) is 0 Å². The fourth-order valence-corrected chi connectivity index (χ4v) is 4.55. The Balaban J connectivity index is 1.41. The predicted octanol–water partition coefficient (Wildman–Crippen LogP) is 1.40. The van der Waals surface area contributed by atoms with Gasteiger partial charge >= 0.3 is 0 Å². The lowest BCUT2D eigenvalue weighted by Gasteiger charge is -2.33. The zero-order valence-electron chi connectivity index (χ0n) is 15.4. The quantitative estimate of drug-likeness (QED) is 0.729. The molecule has 0 radical (unpaired) electrons. The van der Waals surface area contributed by atoms with Crippen molar-refractivity contribution in [2.45, 2.75) is 11.3 Å². The molecule has 0 unspecified atom stereocenters. The number of halogens is 1. The van der Waals surface area contributed by atoms with E-state index in [-0.39, 0.29) is 17.3 Å². The van der Waals surface area contributed by atoms with Crippen molar-refractivity contribution < 1.29 is 13.2 Å². The monoisotopic (exact) mass is 422 g/mol.